The molecule has 1 aromatic carbocycles. The van der Waals surface area contributed by atoms with Crippen LogP contribution in [0.4, 0.5) is 10.1 Å². The van der Waals surface area contributed by atoms with Crippen LogP contribution < -0.4 is 9.47 Å². The Bertz CT molecular complexity index is 483. The Morgan fingerprint density at radius 3 is 2.75 bits per heavy atom. The van der Waals surface area contributed by atoms with Crippen LogP contribution in [0.25, 0.3) is 0 Å². The molecule has 0 fully saturated rings. The van der Waals surface area contributed by atoms with Crippen LogP contribution in [0.5, 0.6) is 11.5 Å². The number of aliphatic imine (C=N–C) groups is 1. The second-order valence-corrected chi connectivity index (χ2v) is 3.26. The van der Waals surface area contributed by atoms with Crippen LogP contribution >= 0.6 is 0 Å². The summed E-state index contributed by atoms with van der Waals surface area (Å²) in [6.45, 7) is 0. The summed E-state index contributed by atoms with van der Waals surface area (Å²) >= 11 is 0. The predicted octanol–water partition coefficient (Wildman–Crippen LogP) is 2.13. The Morgan fingerprint density at radius 1 is 1.38 bits per heavy atom. The molecule has 16 heavy (non-hydrogen) atoms. The monoisotopic (exact) mass is 223 g/mol. The first-order valence-corrected chi connectivity index (χ1v) is 4.69. The van der Waals surface area contributed by atoms with Crippen LogP contribution in [-0.2, 0) is 0 Å². The van der Waals surface area contributed by atoms with Crippen molar-refractivity contribution in [1.82, 2.24) is 0 Å². The molecule has 0 bridgehead atoms. The lowest BCUT2D eigenvalue weighted by molar-refractivity contribution is 0.0996. The summed E-state index contributed by atoms with van der Waals surface area (Å²) in [7, 11) is 2.72. The number of fused-ring (bicyclic) bond motifs is 1. The largest absolute Gasteiger partial charge is 0.493 e. The predicted molar refractivity (Wildman–Crippen MR) is 56.6 cm³/mol. The molecule has 84 valence electrons. The lowest BCUT2D eigenvalue weighted by Gasteiger charge is -2.15. The number of ketones is 1. The van der Waals surface area contributed by atoms with Crippen molar-refractivity contribution >= 4 is 17.7 Å². The average Bonchev–Trinajstić information content (AvgIpc) is 2.28. The number of ether oxygens (including phenoxy) is 2. The van der Waals surface area contributed by atoms with Crippen LogP contribution in [-0.4, -0.2) is 26.2 Å². The number of benzene rings is 1. The molecule has 5 heteroatoms. The summed E-state index contributed by atoms with van der Waals surface area (Å²) in [5.74, 6) is -0.848. The third-order valence-electron chi connectivity index (χ3n) is 2.38. The minimum Gasteiger partial charge on any atom is -0.493 e. The molecule has 2 rings (SSSR count). The van der Waals surface area contributed by atoms with Gasteiger partial charge in [0.05, 0.1) is 25.5 Å². The molecule has 0 atom stereocenters. The number of carbonyl (C=O) groups is 1. The fraction of sp³-hybridized carbons (Fsp3) is 0.273. The van der Waals surface area contributed by atoms with E-state index in [1.165, 1.54) is 26.5 Å². The van der Waals surface area contributed by atoms with Gasteiger partial charge in [-0.3, -0.25) is 9.79 Å². The quantitative estimate of drug-likeness (QED) is 0.771. The third kappa shape index (κ3) is 1.44. The molecule has 1 heterocycles. The van der Waals surface area contributed by atoms with Gasteiger partial charge in [0.2, 0.25) is 0 Å². The van der Waals surface area contributed by atoms with Gasteiger partial charge in [-0.2, -0.15) is 0 Å². The number of carbonyl (C=O) groups excluding carboxylic acids is 1. The van der Waals surface area contributed by atoms with Crippen molar-refractivity contribution in [3.63, 3.8) is 0 Å². The number of halogens is 1. The van der Waals surface area contributed by atoms with E-state index in [0.717, 1.165) is 0 Å². The van der Waals surface area contributed by atoms with Crippen molar-refractivity contribution in [2.75, 3.05) is 14.2 Å². The van der Waals surface area contributed by atoms with E-state index in [1.807, 2.05) is 0 Å². The van der Waals surface area contributed by atoms with Crippen molar-refractivity contribution in [3.8, 4) is 11.5 Å². The van der Waals surface area contributed by atoms with Gasteiger partial charge in [-0.1, -0.05) is 0 Å². The van der Waals surface area contributed by atoms with Crippen molar-refractivity contribution in [3.05, 3.63) is 17.4 Å². The van der Waals surface area contributed by atoms with Crippen molar-refractivity contribution in [1.29, 1.82) is 0 Å². The normalized spacial score (nSPS) is 13.6. The van der Waals surface area contributed by atoms with Gasteiger partial charge in [-0.05, 0) is 0 Å². The molecular formula is C11H10FNO3. The number of hydrogen-bond donors (Lipinski definition) is 0. The van der Waals surface area contributed by atoms with Gasteiger partial charge in [-0.25, -0.2) is 4.39 Å². The number of methoxy groups -OCH3 is 2. The maximum absolute atomic E-state index is 14.0. The van der Waals surface area contributed by atoms with E-state index in [2.05, 4.69) is 4.99 Å². The number of nitrogens with zero attached hydrogens (tertiary/aromatic N) is 1. The van der Waals surface area contributed by atoms with Crippen LogP contribution in [0.1, 0.15) is 16.8 Å². The Balaban J connectivity index is 2.72. The zero-order valence-electron chi connectivity index (χ0n) is 8.91. The first-order chi connectivity index (χ1) is 7.69. The summed E-state index contributed by atoms with van der Waals surface area (Å²) in [5.41, 5.74) is 0.256. The van der Waals surface area contributed by atoms with Gasteiger partial charge in [0.25, 0.3) is 0 Å². The molecule has 1 aliphatic rings. The van der Waals surface area contributed by atoms with Gasteiger partial charge in [0, 0.05) is 18.7 Å². The van der Waals surface area contributed by atoms with Gasteiger partial charge in [0.15, 0.2) is 23.1 Å². The van der Waals surface area contributed by atoms with Crippen molar-refractivity contribution in [2.45, 2.75) is 6.42 Å². The molecular weight excluding hydrogens is 213 g/mol. The van der Waals surface area contributed by atoms with E-state index in [-0.39, 0.29) is 35.0 Å². The smallest absolute Gasteiger partial charge is 0.197 e. The first-order valence-electron chi connectivity index (χ1n) is 4.69. The van der Waals surface area contributed by atoms with E-state index >= 15 is 0 Å². The maximum atomic E-state index is 14.0. The van der Waals surface area contributed by atoms with Crippen molar-refractivity contribution in [2.24, 2.45) is 4.99 Å². The minimum atomic E-state index is -0.710. The van der Waals surface area contributed by atoms with Crippen LogP contribution in [0.15, 0.2) is 11.1 Å². The summed E-state index contributed by atoms with van der Waals surface area (Å²) in [6, 6.07) is 1.49. The molecule has 1 aromatic rings. The molecule has 0 spiro atoms. The lowest BCUT2D eigenvalue weighted by atomic mass is 10.0. The Morgan fingerprint density at radius 2 is 2.12 bits per heavy atom. The topological polar surface area (TPSA) is 47.9 Å². The van der Waals surface area contributed by atoms with Gasteiger partial charge in [-0.15, -0.1) is 0 Å². The van der Waals surface area contributed by atoms with E-state index in [1.54, 1.807) is 0 Å². The van der Waals surface area contributed by atoms with Crippen molar-refractivity contribution < 1.29 is 18.7 Å². The fourth-order valence-electron chi connectivity index (χ4n) is 1.63. The Kier molecular flexibility index (Phi) is 2.60. The number of hydrogen-bond acceptors (Lipinski definition) is 4. The highest BCUT2D eigenvalue weighted by Gasteiger charge is 2.25. The SMILES string of the molecule is COc1cc2c(c(F)c1OC)C(=O)CC=N2. The van der Waals surface area contributed by atoms with E-state index in [0.29, 0.717) is 0 Å². The zero-order valence-corrected chi connectivity index (χ0v) is 8.91. The van der Waals surface area contributed by atoms with Gasteiger partial charge in [0.1, 0.15) is 0 Å². The van der Waals surface area contributed by atoms with E-state index in [4.69, 9.17) is 9.47 Å². The molecule has 0 N–H and O–H groups in total. The minimum absolute atomic E-state index is 0.0276. The van der Waals surface area contributed by atoms with Gasteiger partial charge >= 0.3 is 0 Å². The molecule has 0 amide bonds. The molecule has 0 radical (unpaired) electrons. The Labute approximate surface area is 91.7 Å². The molecule has 0 saturated carbocycles. The average molecular weight is 223 g/mol. The lowest BCUT2D eigenvalue weighted by Crippen LogP contribution is -2.09. The zero-order chi connectivity index (χ0) is 11.7. The summed E-state index contributed by atoms with van der Waals surface area (Å²) in [5, 5.41) is 0. The van der Waals surface area contributed by atoms with Gasteiger partial charge < -0.3 is 9.47 Å². The molecule has 4 nitrogen and oxygen atoms in total. The second kappa shape index (κ2) is 3.92. The van der Waals surface area contributed by atoms with Crippen LogP contribution in [0, 0.1) is 5.82 Å². The highest BCUT2D eigenvalue weighted by molar-refractivity contribution is 6.10. The standard InChI is InChI=1S/C11H10FNO3/c1-15-8-5-6-9(7(14)3-4-13-6)10(12)11(8)16-2/h4-5H,3H2,1-2H3. The molecule has 0 saturated heterocycles. The van der Waals surface area contributed by atoms with E-state index < -0.39 is 5.82 Å². The summed E-state index contributed by atoms with van der Waals surface area (Å²) in [4.78, 5) is 15.5. The highest BCUT2D eigenvalue weighted by atomic mass is 19.1. The summed E-state index contributed by atoms with van der Waals surface area (Å²) in [6.07, 6.45) is 1.56. The maximum Gasteiger partial charge on any atom is 0.197 e. The number of rotatable bonds is 2. The number of Topliss-reactive ketones (excluding diaryl/α,β-unsaturated/α-hetero) is 1. The Hall–Kier alpha value is -1.91. The highest BCUT2D eigenvalue weighted by Crippen LogP contribution is 2.39. The fourth-order valence-corrected chi connectivity index (χ4v) is 1.63. The van der Waals surface area contributed by atoms with Crippen LogP contribution in [0.3, 0.4) is 0 Å². The third-order valence-corrected chi connectivity index (χ3v) is 2.38. The second-order valence-electron chi connectivity index (χ2n) is 3.26. The van der Waals surface area contributed by atoms with Crippen LogP contribution in [0.2, 0.25) is 0 Å². The summed E-state index contributed by atoms with van der Waals surface area (Å²) < 4.78 is 23.8. The van der Waals surface area contributed by atoms with E-state index in [9.17, 15) is 9.18 Å². The first kappa shape index (κ1) is 10.6. The molecule has 1 aliphatic heterocycles. The molecule has 0 unspecified atom stereocenters. The molecule has 0 aliphatic carbocycles. The molecule has 0 aromatic heterocycles.